The van der Waals surface area contributed by atoms with Crippen LogP contribution < -0.4 is 5.73 Å². The first-order valence-electron chi connectivity index (χ1n) is 7.56. The van der Waals surface area contributed by atoms with E-state index in [1.807, 2.05) is 6.92 Å². The Kier molecular flexibility index (Phi) is 4.61. The van der Waals surface area contributed by atoms with Crippen LogP contribution in [0.2, 0.25) is 0 Å². The molecule has 0 radical (unpaired) electrons. The highest BCUT2D eigenvalue weighted by Gasteiger charge is 2.47. The number of aliphatic hydroxyl groups excluding tert-OH is 1. The van der Waals surface area contributed by atoms with Crippen molar-refractivity contribution in [1.29, 1.82) is 0 Å². The van der Waals surface area contributed by atoms with Gasteiger partial charge in [0.25, 0.3) is 0 Å². The van der Waals surface area contributed by atoms with Crippen molar-refractivity contribution in [1.82, 2.24) is 19.5 Å². The molecule has 2 aromatic rings. The molecule has 0 amide bonds. The highest BCUT2D eigenvalue weighted by atomic mass is 32.1. The van der Waals surface area contributed by atoms with Gasteiger partial charge in [-0.05, 0) is 0 Å². The summed E-state index contributed by atoms with van der Waals surface area (Å²) in [7, 11) is 0. The SMILES string of the molecule is CCc1nc2c(N)ncnc2n1[C@@H]1O[C@H](CS)[C@@H](O)[C@H]1OC(C)=O. The summed E-state index contributed by atoms with van der Waals surface area (Å²) in [5, 5.41) is 10.4. The number of carbonyl (C=O) groups excluding carboxylic acids is 1. The topological polar surface area (TPSA) is 125 Å². The molecule has 1 aliphatic rings. The zero-order chi connectivity index (χ0) is 17.4. The lowest BCUT2D eigenvalue weighted by Gasteiger charge is -2.22. The van der Waals surface area contributed by atoms with E-state index < -0.39 is 30.5 Å². The maximum Gasteiger partial charge on any atom is 0.303 e. The molecule has 3 rings (SSSR count). The van der Waals surface area contributed by atoms with E-state index in [4.69, 9.17) is 15.2 Å². The van der Waals surface area contributed by atoms with Gasteiger partial charge in [0.2, 0.25) is 0 Å². The third kappa shape index (κ3) is 2.70. The average molecular weight is 353 g/mol. The Bertz CT molecular complexity index is 767. The fraction of sp³-hybridized carbons (Fsp3) is 0.571. The predicted octanol–water partition coefficient (Wildman–Crippen LogP) is 0.0907. The number of nitrogens with two attached hydrogens (primary N) is 1. The molecule has 1 saturated heterocycles. The number of hydrogen-bond donors (Lipinski definition) is 3. The second-order valence-electron chi connectivity index (χ2n) is 5.50. The molecule has 2 aromatic heterocycles. The maximum atomic E-state index is 11.4. The van der Waals surface area contributed by atoms with Crippen molar-refractivity contribution < 1.29 is 19.4 Å². The monoisotopic (exact) mass is 353 g/mol. The summed E-state index contributed by atoms with van der Waals surface area (Å²) in [6.45, 7) is 3.20. The van der Waals surface area contributed by atoms with Gasteiger partial charge < -0.3 is 20.3 Å². The Labute approximate surface area is 143 Å². The molecule has 0 bridgehead atoms. The normalized spacial score (nSPS) is 26.8. The summed E-state index contributed by atoms with van der Waals surface area (Å²) in [6, 6.07) is 0. The third-order valence-electron chi connectivity index (χ3n) is 3.94. The summed E-state index contributed by atoms with van der Waals surface area (Å²) in [5.41, 5.74) is 6.79. The lowest BCUT2D eigenvalue weighted by molar-refractivity contribution is -0.155. The molecule has 3 N–H and O–H groups in total. The molecule has 3 heterocycles. The Morgan fingerprint density at radius 2 is 2.29 bits per heavy atom. The first-order valence-corrected chi connectivity index (χ1v) is 8.20. The van der Waals surface area contributed by atoms with E-state index in [0.717, 1.165) is 0 Å². The fourth-order valence-corrected chi connectivity index (χ4v) is 3.19. The largest absolute Gasteiger partial charge is 0.455 e. The van der Waals surface area contributed by atoms with Gasteiger partial charge in [0.1, 0.15) is 18.3 Å². The van der Waals surface area contributed by atoms with Crippen LogP contribution in [-0.4, -0.2) is 54.7 Å². The number of aromatic nitrogens is 4. The Morgan fingerprint density at radius 1 is 1.54 bits per heavy atom. The maximum absolute atomic E-state index is 11.4. The number of fused-ring (bicyclic) bond motifs is 1. The molecule has 130 valence electrons. The number of anilines is 1. The number of hydrogen-bond acceptors (Lipinski definition) is 9. The van der Waals surface area contributed by atoms with Gasteiger partial charge in [-0.2, -0.15) is 12.6 Å². The van der Waals surface area contributed by atoms with E-state index >= 15 is 0 Å². The molecule has 0 spiro atoms. The average Bonchev–Trinajstić information content (AvgIpc) is 3.06. The molecule has 9 nitrogen and oxygen atoms in total. The summed E-state index contributed by atoms with van der Waals surface area (Å²) in [4.78, 5) is 24.1. The van der Waals surface area contributed by atoms with Gasteiger partial charge in [0.05, 0.1) is 6.10 Å². The van der Waals surface area contributed by atoms with Crippen LogP contribution in [0.15, 0.2) is 6.33 Å². The van der Waals surface area contributed by atoms with Crippen molar-refractivity contribution in [2.75, 3.05) is 11.5 Å². The minimum absolute atomic E-state index is 0.252. The van der Waals surface area contributed by atoms with Crippen molar-refractivity contribution in [3.8, 4) is 0 Å². The van der Waals surface area contributed by atoms with Crippen molar-refractivity contribution in [3.63, 3.8) is 0 Å². The number of aryl methyl sites for hydroxylation is 1. The highest BCUT2D eigenvalue weighted by Crippen LogP contribution is 2.35. The molecule has 10 heteroatoms. The lowest BCUT2D eigenvalue weighted by atomic mass is 10.1. The fourth-order valence-electron chi connectivity index (χ4n) is 2.88. The van der Waals surface area contributed by atoms with Crippen LogP contribution in [0.3, 0.4) is 0 Å². The number of aliphatic hydroxyl groups is 1. The molecule has 1 fully saturated rings. The first-order chi connectivity index (χ1) is 11.5. The summed E-state index contributed by atoms with van der Waals surface area (Å²) >= 11 is 4.19. The number of imidazole rings is 1. The number of esters is 1. The van der Waals surface area contributed by atoms with Gasteiger partial charge in [-0.3, -0.25) is 9.36 Å². The van der Waals surface area contributed by atoms with Crippen molar-refractivity contribution in [2.24, 2.45) is 0 Å². The quantitative estimate of drug-likeness (QED) is 0.522. The minimum atomic E-state index is -1.00. The molecule has 0 unspecified atom stereocenters. The smallest absolute Gasteiger partial charge is 0.303 e. The van der Waals surface area contributed by atoms with Crippen LogP contribution in [0, 0.1) is 0 Å². The second kappa shape index (κ2) is 6.54. The van der Waals surface area contributed by atoms with E-state index in [9.17, 15) is 9.90 Å². The molecule has 4 atom stereocenters. The third-order valence-corrected chi connectivity index (χ3v) is 4.30. The Balaban J connectivity index is 2.13. The molecule has 1 aliphatic heterocycles. The van der Waals surface area contributed by atoms with Crippen LogP contribution in [-0.2, 0) is 20.7 Å². The van der Waals surface area contributed by atoms with Gasteiger partial charge in [-0.15, -0.1) is 0 Å². The standard InChI is InChI=1S/C14H19N5O4S/c1-3-8-18-9-12(15)16-5-17-13(9)19(8)14-11(22-6(2)20)10(21)7(4-24)23-14/h5,7,10-11,14,21,24H,3-4H2,1-2H3,(H2,15,16,17)/t7-,10-,11-,14-/m1/s1. The van der Waals surface area contributed by atoms with E-state index in [2.05, 4.69) is 27.6 Å². The van der Waals surface area contributed by atoms with Gasteiger partial charge >= 0.3 is 5.97 Å². The molecule has 0 saturated carbocycles. The van der Waals surface area contributed by atoms with E-state index in [0.29, 0.717) is 23.4 Å². The summed E-state index contributed by atoms with van der Waals surface area (Å²) in [6.07, 6.45) is -1.34. The molecule has 0 aliphatic carbocycles. The van der Waals surface area contributed by atoms with Crippen LogP contribution in [0.5, 0.6) is 0 Å². The van der Waals surface area contributed by atoms with E-state index in [1.54, 1.807) is 4.57 Å². The number of thiol groups is 1. The lowest BCUT2D eigenvalue weighted by Crippen LogP contribution is -2.36. The van der Waals surface area contributed by atoms with Crippen LogP contribution in [0.4, 0.5) is 5.82 Å². The second-order valence-corrected chi connectivity index (χ2v) is 5.86. The zero-order valence-corrected chi connectivity index (χ0v) is 14.2. The minimum Gasteiger partial charge on any atom is -0.455 e. The summed E-state index contributed by atoms with van der Waals surface area (Å²) < 4.78 is 12.9. The Hall–Kier alpha value is -1.91. The van der Waals surface area contributed by atoms with Crippen molar-refractivity contribution in [2.45, 2.75) is 44.8 Å². The molecule has 0 aromatic carbocycles. The Morgan fingerprint density at radius 3 is 2.92 bits per heavy atom. The summed E-state index contributed by atoms with van der Waals surface area (Å²) in [5.74, 6) is 0.665. The van der Waals surface area contributed by atoms with Gasteiger partial charge in [0.15, 0.2) is 29.3 Å². The van der Waals surface area contributed by atoms with Crippen LogP contribution in [0.1, 0.15) is 25.9 Å². The highest BCUT2D eigenvalue weighted by molar-refractivity contribution is 7.80. The van der Waals surface area contributed by atoms with Crippen LogP contribution >= 0.6 is 12.6 Å². The molecule has 24 heavy (non-hydrogen) atoms. The molecular weight excluding hydrogens is 334 g/mol. The van der Waals surface area contributed by atoms with E-state index in [1.165, 1.54) is 13.3 Å². The number of nitrogen functional groups attached to an aromatic ring is 1. The predicted molar refractivity (Wildman–Crippen MR) is 88.4 cm³/mol. The van der Waals surface area contributed by atoms with Gasteiger partial charge in [-0.25, -0.2) is 15.0 Å². The molecular formula is C14H19N5O4S. The van der Waals surface area contributed by atoms with Crippen LogP contribution in [0.25, 0.3) is 11.2 Å². The van der Waals surface area contributed by atoms with E-state index in [-0.39, 0.29) is 11.6 Å². The number of rotatable bonds is 4. The number of carbonyl (C=O) groups is 1. The van der Waals surface area contributed by atoms with Gasteiger partial charge in [0, 0.05) is 19.1 Å². The number of nitrogens with zero attached hydrogens (tertiary/aromatic N) is 4. The van der Waals surface area contributed by atoms with Crippen molar-refractivity contribution >= 4 is 35.6 Å². The zero-order valence-electron chi connectivity index (χ0n) is 13.3. The number of ether oxygens (including phenoxy) is 2. The van der Waals surface area contributed by atoms with Crippen molar-refractivity contribution in [3.05, 3.63) is 12.2 Å². The van der Waals surface area contributed by atoms with Gasteiger partial charge in [-0.1, -0.05) is 6.92 Å². The first kappa shape index (κ1) is 16.9.